The number of para-hydroxylation sites is 1. The first kappa shape index (κ1) is 19.4. The third kappa shape index (κ3) is 4.38. The number of hydrogen-bond donors (Lipinski definition) is 1. The molecule has 0 atom stereocenters. The summed E-state index contributed by atoms with van der Waals surface area (Å²) in [6.07, 6.45) is 3.27. The van der Waals surface area contributed by atoms with Crippen molar-refractivity contribution in [3.05, 3.63) is 102 Å². The highest BCUT2D eigenvalue weighted by Gasteiger charge is 2.12. The van der Waals surface area contributed by atoms with Gasteiger partial charge in [0.25, 0.3) is 5.91 Å². The van der Waals surface area contributed by atoms with Gasteiger partial charge >= 0.3 is 0 Å². The molecule has 2 aromatic heterocycles. The summed E-state index contributed by atoms with van der Waals surface area (Å²) < 4.78 is 1.78. The summed E-state index contributed by atoms with van der Waals surface area (Å²) in [7, 11) is 1.95. The highest BCUT2D eigenvalue weighted by Crippen LogP contribution is 2.21. The molecule has 2 heterocycles. The van der Waals surface area contributed by atoms with Crippen molar-refractivity contribution in [3.8, 4) is 0 Å². The van der Waals surface area contributed by atoms with E-state index in [0.29, 0.717) is 17.9 Å². The van der Waals surface area contributed by atoms with Crippen molar-refractivity contribution < 1.29 is 4.79 Å². The van der Waals surface area contributed by atoms with Gasteiger partial charge in [-0.1, -0.05) is 48.0 Å². The van der Waals surface area contributed by atoms with E-state index >= 15 is 0 Å². The molecule has 0 fully saturated rings. The lowest BCUT2D eigenvalue weighted by molar-refractivity contribution is 0.102. The molecule has 2 aromatic carbocycles. The summed E-state index contributed by atoms with van der Waals surface area (Å²) in [6, 6.07) is 23.6. The molecule has 1 amide bonds. The van der Waals surface area contributed by atoms with Gasteiger partial charge in [0.2, 0.25) is 0 Å². The number of benzene rings is 2. The van der Waals surface area contributed by atoms with Crippen LogP contribution in [0.3, 0.4) is 0 Å². The van der Waals surface area contributed by atoms with Gasteiger partial charge in [-0.2, -0.15) is 5.10 Å². The van der Waals surface area contributed by atoms with Crippen LogP contribution in [0.4, 0.5) is 17.3 Å². The molecule has 0 unspecified atom stereocenters. The lowest BCUT2D eigenvalue weighted by atomic mass is 10.1. The van der Waals surface area contributed by atoms with E-state index in [1.165, 1.54) is 5.56 Å². The van der Waals surface area contributed by atoms with Crippen LogP contribution in [0.1, 0.15) is 21.5 Å². The van der Waals surface area contributed by atoms with Crippen molar-refractivity contribution in [3.63, 3.8) is 0 Å². The fourth-order valence-electron chi connectivity index (χ4n) is 3.24. The minimum absolute atomic E-state index is 0.220. The summed E-state index contributed by atoms with van der Waals surface area (Å²) in [4.78, 5) is 19.1. The Morgan fingerprint density at radius 1 is 1.03 bits per heavy atom. The number of aromatic nitrogens is 3. The van der Waals surface area contributed by atoms with E-state index in [9.17, 15) is 4.79 Å². The molecule has 0 bridgehead atoms. The second-order valence-corrected chi connectivity index (χ2v) is 7.12. The van der Waals surface area contributed by atoms with Crippen molar-refractivity contribution in [2.45, 2.75) is 13.5 Å². The van der Waals surface area contributed by atoms with E-state index in [1.54, 1.807) is 29.2 Å². The zero-order valence-electron chi connectivity index (χ0n) is 17.0. The Bertz CT molecular complexity index is 1140. The third-order valence-electron chi connectivity index (χ3n) is 4.87. The number of anilines is 3. The van der Waals surface area contributed by atoms with E-state index in [1.807, 2.05) is 60.5 Å². The summed E-state index contributed by atoms with van der Waals surface area (Å²) in [5.41, 5.74) is 3.84. The van der Waals surface area contributed by atoms with Gasteiger partial charge < -0.3 is 10.2 Å². The quantitative estimate of drug-likeness (QED) is 0.514. The molecular weight excluding hydrogens is 374 g/mol. The van der Waals surface area contributed by atoms with Crippen molar-refractivity contribution >= 4 is 23.2 Å². The van der Waals surface area contributed by atoms with Crippen molar-refractivity contribution in [1.29, 1.82) is 0 Å². The molecule has 4 aromatic rings. The maximum Gasteiger partial charge on any atom is 0.258 e. The first-order valence-electron chi connectivity index (χ1n) is 9.74. The van der Waals surface area contributed by atoms with E-state index in [2.05, 4.69) is 34.5 Å². The van der Waals surface area contributed by atoms with Crippen molar-refractivity contribution in [1.82, 2.24) is 14.8 Å². The minimum Gasteiger partial charge on any atom is -0.329 e. The number of nitrogens with zero attached hydrogens (tertiary/aromatic N) is 4. The van der Waals surface area contributed by atoms with Crippen LogP contribution in [-0.4, -0.2) is 27.7 Å². The summed E-state index contributed by atoms with van der Waals surface area (Å²) in [5, 5.41) is 7.27. The SMILES string of the molecule is Cc1cccc(Cn2nccc2NC(=O)c2ccc(N(C)c3ccccc3)nc2)c1. The molecule has 30 heavy (non-hydrogen) atoms. The summed E-state index contributed by atoms with van der Waals surface area (Å²) >= 11 is 0. The molecule has 0 saturated carbocycles. The number of hydrogen-bond acceptors (Lipinski definition) is 4. The monoisotopic (exact) mass is 397 g/mol. The largest absolute Gasteiger partial charge is 0.329 e. The van der Waals surface area contributed by atoms with Crippen LogP contribution in [0.5, 0.6) is 0 Å². The second kappa shape index (κ2) is 8.61. The van der Waals surface area contributed by atoms with E-state index < -0.39 is 0 Å². The zero-order chi connectivity index (χ0) is 20.9. The Morgan fingerprint density at radius 3 is 2.60 bits per heavy atom. The van der Waals surface area contributed by atoms with Crippen LogP contribution in [0.2, 0.25) is 0 Å². The lowest BCUT2D eigenvalue weighted by Crippen LogP contribution is -2.17. The number of carbonyl (C=O) groups is 1. The third-order valence-corrected chi connectivity index (χ3v) is 4.87. The van der Waals surface area contributed by atoms with Gasteiger partial charge in [0.05, 0.1) is 18.3 Å². The van der Waals surface area contributed by atoms with E-state index in [-0.39, 0.29) is 5.91 Å². The van der Waals surface area contributed by atoms with Crippen LogP contribution in [-0.2, 0) is 6.54 Å². The molecule has 150 valence electrons. The van der Waals surface area contributed by atoms with Gasteiger partial charge in [0.15, 0.2) is 0 Å². The Labute approximate surface area is 175 Å². The van der Waals surface area contributed by atoms with Gasteiger partial charge in [-0.25, -0.2) is 9.67 Å². The molecule has 0 aliphatic heterocycles. The van der Waals surface area contributed by atoms with E-state index in [0.717, 1.165) is 17.1 Å². The summed E-state index contributed by atoms with van der Waals surface area (Å²) in [6.45, 7) is 2.64. The first-order chi connectivity index (χ1) is 14.6. The first-order valence-corrected chi connectivity index (χ1v) is 9.74. The molecule has 4 rings (SSSR count). The molecule has 6 nitrogen and oxygen atoms in total. The topological polar surface area (TPSA) is 63.1 Å². The number of amides is 1. The maximum absolute atomic E-state index is 12.7. The number of rotatable bonds is 6. The maximum atomic E-state index is 12.7. The Balaban J connectivity index is 1.45. The van der Waals surface area contributed by atoms with Crippen LogP contribution < -0.4 is 10.2 Å². The highest BCUT2D eigenvalue weighted by atomic mass is 16.1. The molecule has 0 radical (unpaired) electrons. The molecule has 0 saturated heterocycles. The van der Waals surface area contributed by atoms with Crippen LogP contribution in [0, 0.1) is 6.92 Å². The average molecular weight is 397 g/mol. The number of pyridine rings is 1. The second-order valence-electron chi connectivity index (χ2n) is 7.12. The Hall–Kier alpha value is -3.93. The fraction of sp³-hybridized carbons (Fsp3) is 0.125. The minimum atomic E-state index is -0.220. The molecule has 0 aliphatic carbocycles. The highest BCUT2D eigenvalue weighted by molar-refractivity contribution is 6.03. The Kier molecular flexibility index (Phi) is 5.57. The van der Waals surface area contributed by atoms with E-state index in [4.69, 9.17) is 0 Å². The van der Waals surface area contributed by atoms with Crippen LogP contribution >= 0.6 is 0 Å². The Morgan fingerprint density at radius 2 is 1.87 bits per heavy atom. The van der Waals surface area contributed by atoms with Crippen LogP contribution in [0.15, 0.2) is 85.2 Å². The summed E-state index contributed by atoms with van der Waals surface area (Å²) in [5.74, 6) is 1.19. The van der Waals surface area contributed by atoms with Crippen LogP contribution in [0.25, 0.3) is 0 Å². The zero-order valence-corrected chi connectivity index (χ0v) is 17.0. The smallest absolute Gasteiger partial charge is 0.258 e. The normalized spacial score (nSPS) is 10.6. The van der Waals surface area contributed by atoms with Gasteiger partial charge in [-0.05, 0) is 36.8 Å². The molecule has 0 spiro atoms. The predicted octanol–water partition coefficient (Wildman–Crippen LogP) is 4.66. The fourth-order valence-corrected chi connectivity index (χ4v) is 3.24. The number of aryl methyl sites for hydroxylation is 1. The molecule has 0 aliphatic rings. The van der Waals surface area contributed by atoms with Gasteiger partial charge in [-0.15, -0.1) is 0 Å². The predicted molar refractivity (Wildman–Crippen MR) is 119 cm³/mol. The van der Waals surface area contributed by atoms with Gasteiger partial charge in [0.1, 0.15) is 11.6 Å². The van der Waals surface area contributed by atoms with Gasteiger partial charge in [-0.3, -0.25) is 4.79 Å². The number of carbonyl (C=O) groups excluding carboxylic acids is 1. The molecule has 6 heteroatoms. The van der Waals surface area contributed by atoms with Crippen molar-refractivity contribution in [2.24, 2.45) is 0 Å². The van der Waals surface area contributed by atoms with Gasteiger partial charge in [0, 0.05) is 25.0 Å². The average Bonchev–Trinajstić information content (AvgIpc) is 3.20. The molecular formula is C24H23N5O. The lowest BCUT2D eigenvalue weighted by Gasteiger charge is -2.18. The van der Waals surface area contributed by atoms with Crippen molar-refractivity contribution in [2.75, 3.05) is 17.3 Å². The molecule has 1 N–H and O–H groups in total. The standard InChI is InChI=1S/C24H23N5O/c1-18-7-6-8-19(15-18)17-29-23(13-14-26-29)27-24(30)20-11-12-22(25-16-20)28(2)21-9-4-3-5-10-21/h3-16H,17H2,1-2H3,(H,27,30). The number of nitrogens with one attached hydrogen (secondary N) is 1.